The molecule has 8 nitrogen and oxygen atoms in total. The monoisotopic (exact) mass is 418 g/mol. The first-order valence-corrected chi connectivity index (χ1v) is 10.8. The van der Waals surface area contributed by atoms with Gasteiger partial charge in [0, 0.05) is 0 Å². The number of benzene rings is 2. The molecule has 10 heteroatoms. The Morgan fingerprint density at radius 2 is 0.926 bits per heavy atom. The van der Waals surface area contributed by atoms with Crippen LogP contribution in [0.3, 0.4) is 0 Å². The first-order valence-electron chi connectivity index (χ1n) is 7.90. The third kappa shape index (κ3) is 11.5. The quantitative estimate of drug-likeness (QED) is 0.546. The smallest absolute Gasteiger partial charge is 0.294 e. The second-order valence-electron chi connectivity index (χ2n) is 5.51. The van der Waals surface area contributed by atoms with Gasteiger partial charge >= 0.3 is 0 Å². The molecular weight excluding hydrogens is 392 g/mol. The number of hydrogen-bond donors (Lipinski definition) is 4. The maximum atomic E-state index is 10.5. The Morgan fingerprint density at radius 1 is 0.667 bits per heavy atom. The molecule has 0 radical (unpaired) electrons. The van der Waals surface area contributed by atoms with E-state index in [1.54, 1.807) is 24.3 Å². The van der Waals surface area contributed by atoms with Gasteiger partial charge in [0.15, 0.2) is 0 Å². The lowest BCUT2D eigenvalue weighted by molar-refractivity contribution is 0.481. The lowest BCUT2D eigenvalue weighted by Gasteiger charge is -1.95. The highest BCUT2D eigenvalue weighted by Gasteiger charge is 2.07. The highest BCUT2D eigenvalue weighted by molar-refractivity contribution is 7.86. The Balaban J connectivity index is 0.000000405. The standard InChI is InChI=1S/2C7H8O3S.C3H10N2/c2*1-6-2-4-7(5-3-6)11(8,9)10;4-2-1-3-5/h2*2-5H,1H3,(H,8,9,10);1-5H2. The zero-order valence-corrected chi connectivity index (χ0v) is 16.9. The summed E-state index contributed by atoms with van der Waals surface area (Å²) >= 11 is 0. The Morgan fingerprint density at radius 3 is 1.07 bits per heavy atom. The summed E-state index contributed by atoms with van der Waals surface area (Å²) in [5, 5.41) is 0. The van der Waals surface area contributed by atoms with Gasteiger partial charge in [0.05, 0.1) is 9.79 Å². The maximum absolute atomic E-state index is 10.5. The molecule has 0 aliphatic carbocycles. The van der Waals surface area contributed by atoms with Crippen LogP contribution < -0.4 is 11.5 Å². The van der Waals surface area contributed by atoms with Crippen LogP contribution in [0, 0.1) is 13.8 Å². The third-order valence-electron chi connectivity index (χ3n) is 3.05. The molecule has 0 saturated heterocycles. The van der Waals surface area contributed by atoms with E-state index in [0.717, 1.165) is 30.6 Å². The number of hydrogen-bond acceptors (Lipinski definition) is 6. The van der Waals surface area contributed by atoms with Crippen molar-refractivity contribution in [2.45, 2.75) is 30.1 Å². The molecule has 0 saturated carbocycles. The molecule has 0 aliphatic heterocycles. The summed E-state index contributed by atoms with van der Waals surface area (Å²) in [7, 11) is -8.04. The fraction of sp³-hybridized carbons (Fsp3) is 0.294. The summed E-state index contributed by atoms with van der Waals surface area (Å²) < 4.78 is 59.1. The van der Waals surface area contributed by atoms with Gasteiger partial charge in [0.1, 0.15) is 0 Å². The summed E-state index contributed by atoms with van der Waals surface area (Å²) in [5.41, 5.74) is 12.0. The van der Waals surface area contributed by atoms with E-state index in [4.69, 9.17) is 20.6 Å². The van der Waals surface area contributed by atoms with Crippen molar-refractivity contribution in [3.8, 4) is 0 Å². The zero-order chi connectivity index (χ0) is 21.1. The van der Waals surface area contributed by atoms with Gasteiger partial charge in [-0.2, -0.15) is 16.8 Å². The second-order valence-corrected chi connectivity index (χ2v) is 8.35. The Labute approximate surface area is 160 Å². The van der Waals surface area contributed by atoms with Gasteiger partial charge in [-0.1, -0.05) is 35.4 Å². The van der Waals surface area contributed by atoms with E-state index in [1.165, 1.54) is 24.3 Å². The lowest BCUT2D eigenvalue weighted by atomic mass is 10.2. The fourth-order valence-corrected chi connectivity index (χ4v) is 2.50. The molecular formula is C17H26N2O6S2. The largest absolute Gasteiger partial charge is 0.330 e. The molecule has 0 spiro atoms. The van der Waals surface area contributed by atoms with Crippen LogP contribution >= 0.6 is 0 Å². The van der Waals surface area contributed by atoms with Gasteiger partial charge in [-0.25, -0.2) is 0 Å². The predicted molar refractivity (Wildman–Crippen MR) is 105 cm³/mol. The number of aryl methyl sites for hydroxylation is 2. The van der Waals surface area contributed by atoms with Crippen molar-refractivity contribution in [2.24, 2.45) is 11.5 Å². The van der Waals surface area contributed by atoms with Crippen molar-refractivity contribution >= 4 is 20.2 Å². The van der Waals surface area contributed by atoms with Crippen LogP contribution in [0.15, 0.2) is 58.3 Å². The molecule has 0 fully saturated rings. The minimum atomic E-state index is -4.02. The van der Waals surface area contributed by atoms with Crippen LogP contribution in [0.2, 0.25) is 0 Å². The first-order chi connectivity index (χ1) is 12.4. The fourth-order valence-electron chi connectivity index (χ4n) is 1.54. The molecule has 0 unspecified atom stereocenters. The molecule has 0 heterocycles. The van der Waals surface area contributed by atoms with Crippen LogP contribution in [0.25, 0.3) is 0 Å². The van der Waals surface area contributed by atoms with Crippen LogP contribution in [0.4, 0.5) is 0 Å². The average molecular weight is 419 g/mol. The summed E-state index contributed by atoms with van der Waals surface area (Å²) in [4.78, 5) is -0.133. The number of nitrogens with two attached hydrogens (primary N) is 2. The molecule has 0 atom stereocenters. The van der Waals surface area contributed by atoms with Crippen molar-refractivity contribution in [2.75, 3.05) is 13.1 Å². The van der Waals surface area contributed by atoms with Gasteiger partial charge in [-0.05, 0) is 57.6 Å². The van der Waals surface area contributed by atoms with E-state index in [1.807, 2.05) is 13.8 Å². The number of rotatable bonds is 4. The molecule has 0 amide bonds. The Hall–Kier alpha value is -1.82. The highest BCUT2D eigenvalue weighted by atomic mass is 32.2. The van der Waals surface area contributed by atoms with E-state index in [9.17, 15) is 16.8 Å². The molecule has 0 bridgehead atoms. The SMILES string of the molecule is Cc1ccc(S(=O)(=O)O)cc1.Cc1ccc(S(=O)(=O)O)cc1.NCCCN. The van der Waals surface area contributed by atoms with Crippen molar-refractivity contribution in [1.82, 2.24) is 0 Å². The molecule has 0 aliphatic rings. The average Bonchev–Trinajstić information content (AvgIpc) is 2.56. The Bertz CT molecular complexity index is 803. The normalized spacial score (nSPS) is 10.9. The van der Waals surface area contributed by atoms with Gasteiger partial charge in [-0.3, -0.25) is 9.11 Å². The van der Waals surface area contributed by atoms with Crippen molar-refractivity contribution < 1.29 is 25.9 Å². The summed E-state index contributed by atoms with van der Waals surface area (Å²) in [6.07, 6.45) is 0.944. The second kappa shape index (κ2) is 11.8. The maximum Gasteiger partial charge on any atom is 0.294 e. The molecule has 2 aromatic rings. The van der Waals surface area contributed by atoms with Crippen LogP contribution in [0.5, 0.6) is 0 Å². The molecule has 152 valence electrons. The van der Waals surface area contributed by atoms with Gasteiger partial charge in [0.2, 0.25) is 0 Å². The van der Waals surface area contributed by atoms with E-state index in [2.05, 4.69) is 0 Å². The van der Waals surface area contributed by atoms with Crippen LogP contribution in [-0.4, -0.2) is 39.0 Å². The van der Waals surface area contributed by atoms with E-state index < -0.39 is 20.2 Å². The van der Waals surface area contributed by atoms with Gasteiger partial charge in [0.25, 0.3) is 20.2 Å². The Kier molecular flexibility index (Phi) is 11.0. The highest BCUT2D eigenvalue weighted by Crippen LogP contribution is 2.09. The minimum Gasteiger partial charge on any atom is -0.330 e. The van der Waals surface area contributed by atoms with Gasteiger partial charge < -0.3 is 11.5 Å². The summed E-state index contributed by atoms with van der Waals surface area (Å²) in [6.45, 7) is 5.12. The van der Waals surface area contributed by atoms with E-state index in [-0.39, 0.29) is 9.79 Å². The van der Waals surface area contributed by atoms with Crippen LogP contribution in [-0.2, 0) is 20.2 Å². The summed E-state index contributed by atoms with van der Waals surface area (Å²) in [5.74, 6) is 0. The lowest BCUT2D eigenvalue weighted by Crippen LogP contribution is -2.06. The van der Waals surface area contributed by atoms with E-state index >= 15 is 0 Å². The molecule has 2 rings (SSSR count). The van der Waals surface area contributed by atoms with Crippen molar-refractivity contribution in [3.63, 3.8) is 0 Å². The van der Waals surface area contributed by atoms with Gasteiger partial charge in [-0.15, -0.1) is 0 Å². The summed E-state index contributed by atoms with van der Waals surface area (Å²) in [6, 6.07) is 12.0. The topological polar surface area (TPSA) is 161 Å². The predicted octanol–water partition coefficient (Wildman–Crippen LogP) is 1.78. The van der Waals surface area contributed by atoms with E-state index in [0.29, 0.717) is 0 Å². The minimum absolute atomic E-state index is 0.0666. The zero-order valence-electron chi connectivity index (χ0n) is 15.2. The van der Waals surface area contributed by atoms with Crippen molar-refractivity contribution in [3.05, 3.63) is 59.7 Å². The first kappa shape index (κ1) is 25.2. The third-order valence-corrected chi connectivity index (χ3v) is 4.78. The molecule has 6 N–H and O–H groups in total. The molecule has 2 aromatic carbocycles. The molecule has 0 aromatic heterocycles. The van der Waals surface area contributed by atoms with Crippen molar-refractivity contribution in [1.29, 1.82) is 0 Å². The molecule has 27 heavy (non-hydrogen) atoms. The van der Waals surface area contributed by atoms with Crippen LogP contribution in [0.1, 0.15) is 17.5 Å².